The van der Waals surface area contributed by atoms with Crippen molar-refractivity contribution >= 4 is 46.7 Å². The number of hydrogen-bond acceptors (Lipinski definition) is 9. The number of carbonyl (C=O) groups excluding carboxylic acids is 4. The molecule has 0 atom stereocenters. The summed E-state index contributed by atoms with van der Waals surface area (Å²) >= 11 is 1.46. The quantitative estimate of drug-likeness (QED) is 0.0727. The Labute approximate surface area is 253 Å². The van der Waals surface area contributed by atoms with Crippen LogP contribution in [-0.2, 0) is 9.68 Å². The second-order valence-corrected chi connectivity index (χ2v) is 10.2. The van der Waals surface area contributed by atoms with Crippen molar-refractivity contribution in [3.63, 3.8) is 0 Å². The smallest absolute Gasteiger partial charge is 0.312 e. The summed E-state index contributed by atoms with van der Waals surface area (Å²) in [7, 11) is 0. The number of rotatable bonds is 12. The van der Waals surface area contributed by atoms with Crippen LogP contribution < -0.4 is 0 Å². The van der Waals surface area contributed by atoms with Gasteiger partial charge in [0, 0.05) is 20.9 Å². The highest BCUT2D eigenvalue weighted by Gasteiger charge is 2.17. The summed E-state index contributed by atoms with van der Waals surface area (Å²) in [5.74, 6) is -1.93. The lowest BCUT2D eigenvalue weighted by molar-refractivity contribution is 0.0505. The molecular weight excluding hydrogens is 564 g/mol. The molecule has 0 saturated heterocycles. The second-order valence-electron chi connectivity index (χ2n) is 9.08. The van der Waals surface area contributed by atoms with Gasteiger partial charge in [0.05, 0.1) is 11.1 Å². The Bertz CT molecular complexity index is 1520. The molecule has 0 aliphatic carbocycles. The summed E-state index contributed by atoms with van der Waals surface area (Å²) in [6, 6.07) is 30.8. The number of ketones is 2. The van der Waals surface area contributed by atoms with Crippen LogP contribution in [0.5, 0.6) is 0 Å². The summed E-state index contributed by atoms with van der Waals surface area (Å²) < 4.78 is 0. The van der Waals surface area contributed by atoms with Crippen LogP contribution in [0.4, 0.5) is 0 Å². The van der Waals surface area contributed by atoms with Crippen molar-refractivity contribution in [2.24, 2.45) is 10.3 Å². The molecule has 43 heavy (non-hydrogen) atoms. The number of hydrogen-bond donors (Lipinski definition) is 0. The lowest BCUT2D eigenvalue weighted by atomic mass is 10.1. The summed E-state index contributed by atoms with van der Waals surface area (Å²) in [5, 5.41) is 7.62. The Morgan fingerprint density at radius 1 is 0.512 bits per heavy atom. The Hall–Kier alpha value is -5.15. The van der Waals surface area contributed by atoms with E-state index in [1.807, 2.05) is 24.3 Å². The number of oxime groups is 2. The molecule has 0 saturated carbocycles. The third-order valence-electron chi connectivity index (χ3n) is 6.16. The molecule has 0 spiro atoms. The van der Waals surface area contributed by atoms with Gasteiger partial charge in [0.25, 0.3) is 0 Å². The fraction of sp³-hybridized carbons (Fsp3) is 0.118. The van der Waals surface area contributed by atoms with Gasteiger partial charge in [0.15, 0.2) is 0 Å². The average Bonchev–Trinajstić information content (AvgIpc) is 3.06. The van der Waals surface area contributed by atoms with E-state index in [0.717, 1.165) is 9.79 Å². The Balaban J connectivity index is 1.36. The van der Waals surface area contributed by atoms with E-state index in [4.69, 9.17) is 9.68 Å². The van der Waals surface area contributed by atoms with Crippen LogP contribution in [-0.4, -0.2) is 34.9 Å². The third-order valence-corrected chi connectivity index (χ3v) is 7.17. The molecule has 0 fully saturated rings. The van der Waals surface area contributed by atoms with E-state index in [9.17, 15) is 19.2 Å². The van der Waals surface area contributed by atoms with E-state index < -0.39 is 11.9 Å². The van der Waals surface area contributed by atoms with Gasteiger partial charge in [-0.3, -0.25) is 9.59 Å². The largest absolute Gasteiger partial charge is 0.365 e. The summed E-state index contributed by atoms with van der Waals surface area (Å²) in [6.45, 7) is 3.52. The van der Waals surface area contributed by atoms with E-state index in [1.54, 1.807) is 98.8 Å². The van der Waals surface area contributed by atoms with Crippen molar-refractivity contribution in [2.45, 2.75) is 36.5 Å². The van der Waals surface area contributed by atoms with Crippen LogP contribution in [0.15, 0.2) is 129 Å². The Kier molecular flexibility index (Phi) is 10.9. The molecule has 4 rings (SSSR count). The van der Waals surface area contributed by atoms with Crippen LogP contribution in [0.2, 0.25) is 0 Å². The van der Waals surface area contributed by atoms with Gasteiger partial charge in [-0.05, 0) is 85.6 Å². The maximum absolute atomic E-state index is 12.9. The molecule has 9 heteroatoms. The van der Waals surface area contributed by atoms with Crippen LogP contribution >= 0.6 is 11.8 Å². The van der Waals surface area contributed by atoms with Gasteiger partial charge in [-0.25, -0.2) is 9.59 Å². The highest BCUT2D eigenvalue weighted by molar-refractivity contribution is 7.99. The standard InChI is InChI=1S/C34H28N2O6S/c1-3-29(35-41-33(39)25-11-7-5-8-12-25)31(37)23-15-19-27(20-16-23)43-28-21-17-24(18-22-28)32(38)30(4-2)36-42-34(40)26-13-9-6-10-14-26/h5-22H,3-4H2,1-2H3/b35-29+,36-30+. The van der Waals surface area contributed by atoms with E-state index in [1.165, 1.54) is 11.8 Å². The monoisotopic (exact) mass is 592 g/mol. The normalized spacial score (nSPS) is 11.5. The van der Waals surface area contributed by atoms with E-state index in [-0.39, 0.29) is 23.0 Å². The zero-order valence-electron chi connectivity index (χ0n) is 23.6. The SMILES string of the molecule is CC/C(=N\OC(=O)c1ccccc1)C(=O)c1ccc(Sc2ccc(C(=O)/C(CC)=N/OC(=O)c3ccccc3)cc2)cc1. The van der Waals surface area contributed by atoms with E-state index in [0.29, 0.717) is 35.1 Å². The van der Waals surface area contributed by atoms with Crippen LogP contribution in [0.1, 0.15) is 68.1 Å². The van der Waals surface area contributed by atoms with E-state index >= 15 is 0 Å². The molecule has 4 aromatic carbocycles. The highest BCUT2D eigenvalue weighted by Crippen LogP contribution is 2.28. The lowest BCUT2D eigenvalue weighted by Crippen LogP contribution is -2.15. The van der Waals surface area contributed by atoms with E-state index in [2.05, 4.69) is 10.3 Å². The average molecular weight is 593 g/mol. The highest BCUT2D eigenvalue weighted by atomic mass is 32.2. The molecule has 0 radical (unpaired) electrons. The van der Waals surface area contributed by atoms with Crippen LogP contribution in [0.3, 0.4) is 0 Å². The Morgan fingerprint density at radius 3 is 1.19 bits per heavy atom. The van der Waals surface area contributed by atoms with Crippen molar-refractivity contribution in [1.29, 1.82) is 0 Å². The van der Waals surface area contributed by atoms with Crippen molar-refractivity contribution in [2.75, 3.05) is 0 Å². The first-order valence-electron chi connectivity index (χ1n) is 13.5. The molecule has 0 heterocycles. The van der Waals surface area contributed by atoms with Gasteiger partial charge in [0.2, 0.25) is 11.6 Å². The molecule has 0 unspecified atom stereocenters. The minimum atomic E-state index is -0.636. The molecule has 216 valence electrons. The third kappa shape index (κ3) is 8.43. The number of carbonyl (C=O) groups is 4. The molecular formula is C34H28N2O6S. The van der Waals surface area contributed by atoms with Gasteiger partial charge in [-0.15, -0.1) is 0 Å². The molecule has 8 nitrogen and oxygen atoms in total. The fourth-order valence-corrected chi connectivity index (χ4v) is 4.61. The molecule has 4 aromatic rings. The van der Waals surface area contributed by atoms with Gasteiger partial charge in [-0.2, -0.15) is 0 Å². The topological polar surface area (TPSA) is 111 Å². The molecule has 0 amide bonds. The van der Waals surface area contributed by atoms with Crippen molar-refractivity contribution < 1.29 is 28.9 Å². The van der Waals surface area contributed by atoms with Gasteiger partial charge >= 0.3 is 11.9 Å². The maximum atomic E-state index is 12.9. The Morgan fingerprint density at radius 2 is 0.860 bits per heavy atom. The summed E-state index contributed by atoms with van der Waals surface area (Å²) in [5.41, 5.74) is 1.79. The van der Waals surface area contributed by atoms with Gasteiger partial charge < -0.3 is 9.68 Å². The number of benzene rings is 4. The number of nitrogens with zero attached hydrogens (tertiary/aromatic N) is 2. The van der Waals surface area contributed by atoms with Crippen molar-refractivity contribution in [3.8, 4) is 0 Å². The molecule has 0 aliphatic heterocycles. The zero-order valence-corrected chi connectivity index (χ0v) is 24.4. The minimum absolute atomic E-state index is 0.134. The maximum Gasteiger partial charge on any atom is 0.365 e. The van der Waals surface area contributed by atoms with Crippen LogP contribution in [0.25, 0.3) is 0 Å². The van der Waals surface area contributed by atoms with Crippen molar-refractivity contribution in [3.05, 3.63) is 131 Å². The lowest BCUT2D eigenvalue weighted by Gasteiger charge is -2.07. The number of Topliss-reactive ketones (excluding diaryl/α,β-unsaturated/α-hetero) is 2. The summed E-state index contributed by atoms with van der Waals surface area (Å²) in [6.07, 6.45) is 0.588. The zero-order chi connectivity index (χ0) is 30.6. The summed E-state index contributed by atoms with van der Waals surface area (Å²) in [4.78, 5) is 61.9. The molecule has 0 N–H and O–H groups in total. The first-order chi connectivity index (χ1) is 20.9. The van der Waals surface area contributed by atoms with Gasteiger partial charge in [0.1, 0.15) is 11.4 Å². The van der Waals surface area contributed by atoms with Gasteiger partial charge in [-0.1, -0.05) is 72.3 Å². The van der Waals surface area contributed by atoms with Crippen LogP contribution in [0, 0.1) is 0 Å². The molecule has 0 aliphatic rings. The first-order valence-corrected chi connectivity index (χ1v) is 14.3. The predicted molar refractivity (Wildman–Crippen MR) is 165 cm³/mol. The first kappa shape index (κ1) is 30.8. The predicted octanol–water partition coefficient (Wildman–Crippen LogP) is 7.45. The fourth-order valence-electron chi connectivity index (χ4n) is 3.80. The van der Waals surface area contributed by atoms with Crippen molar-refractivity contribution in [1.82, 2.24) is 0 Å². The molecule has 0 bridgehead atoms. The molecule has 0 aromatic heterocycles. The second kappa shape index (κ2) is 15.2. The minimum Gasteiger partial charge on any atom is -0.312 e.